The Morgan fingerprint density at radius 2 is 1.18 bits per heavy atom. The molecule has 0 unspecified atom stereocenters. The van der Waals surface area contributed by atoms with Crippen molar-refractivity contribution in [3.05, 3.63) is 138 Å². The van der Waals surface area contributed by atoms with Gasteiger partial charge in [-0.15, -0.1) is 10.2 Å². The second-order valence-corrected chi connectivity index (χ2v) is 13.7. The molecule has 1 aliphatic heterocycles. The average molecular weight is 579 g/mol. The molecule has 4 nitrogen and oxygen atoms in total. The van der Waals surface area contributed by atoms with Gasteiger partial charge in [-0.2, -0.15) is 0 Å². The van der Waals surface area contributed by atoms with Crippen LogP contribution in [0.25, 0.3) is 28.5 Å². The Kier molecular flexibility index (Phi) is 7.85. The first-order chi connectivity index (χ1) is 21.1. The summed E-state index contributed by atoms with van der Waals surface area (Å²) in [5, 5.41) is 9.31. The molecule has 0 atom stereocenters. The molecule has 2 heterocycles. The van der Waals surface area contributed by atoms with Crippen LogP contribution < -0.4 is 4.90 Å². The summed E-state index contributed by atoms with van der Waals surface area (Å²) in [6.07, 6.45) is 7.93. The van der Waals surface area contributed by atoms with E-state index in [4.69, 9.17) is 0 Å². The van der Waals surface area contributed by atoms with Crippen molar-refractivity contribution in [3.63, 3.8) is 0 Å². The smallest absolute Gasteiger partial charge is 0.168 e. The maximum atomic E-state index is 4.66. The zero-order valence-corrected chi connectivity index (χ0v) is 26.8. The highest BCUT2D eigenvalue weighted by molar-refractivity contribution is 5.71. The van der Waals surface area contributed by atoms with E-state index in [9.17, 15) is 0 Å². The highest BCUT2D eigenvalue weighted by Gasteiger charge is 2.22. The maximum Gasteiger partial charge on any atom is 0.168 e. The van der Waals surface area contributed by atoms with Crippen LogP contribution in [0.15, 0.2) is 127 Å². The predicted molar refractivity (Wildman–Crippen MR) is 185 cm³/mol. The summed E-state index contributed by atoms with van der Waals surface area (Å²) < 4.78 is 2.16. The van der Waals surface area contributed by atoms with E-state index < -0.39 is 0 Å². The zero-order valence-electron chi connectivity index (χ0n) is 26.8. The molecule has 5 aromatic rings. The summed E-state index contributed by atoms with van der Waals surface area (Å²) in [5.74, 6) is 1.65. The Morgan fingerprint density at radius 3 is 1.73 bits per heavy atom. The standard InChI is InChI=1S/C40H42N4/c1-39(2,3)32-18-13-27-43(36-26-21-33(40(4,5)6)28-31(36)19-20-32)34-22-24-35(25-23-34)44-37(29-14-9-7-10-15-29)41-42-38(44)30-16-11-8-12-17-30/h7-18,20-26,28H,19,27H2,1-6H3/b18-13-,32-20+. The number of nitrogens with zero attached hydrogens (tertiary/aromatic N) is 4. The van der Waals surface area contributed by atoms with Gasteiger partial charge in [-0.05, 0) is 64.3 Å². The third-order valence-electron chi connectivity index (χ3n) is 8.38. The summed E-state index contributed by atoms with van der Waals surface area (Å²) >= 11 is 0. The Balaban J connectivity index is 1.44. The molecule has 4 aromatic carbocycles. The van der Waals surface area contributed by atoms with Gasteiger partial charge in [-0.3, -0.25) is 4.57 Å². The summed E-state index contributed by atoms with van der Waals surface area (Å²) in [7, 11) is 0. The van der Waals surface area contributed by atoms with Gasteiger partial charge < -0.3 is 4.90 Å². The van der Waals surface area contributed by atoms with Crippen molar-refractivity contribution in [1.82, 2.24) is 14.8 Å². The first-order valence-corrected chi connectivity index (χ1v) is 15.5. The molecule has 0 saturated carbocycles. The van der Waals surface area contributed by atoms with E-state index in [1.165, 1.54) is 22.4 Å². The van der Waals surface area contributed by atoms with Gasteiger partial charge in [0.25, 0.3) is 0 Å². The van der Waals surface area contributed by atoms with E-state index in [0.717, 1.165) is 47.1 Å². The van der Waals surface area contributed by atoms with Crippen molar-refractivity contribution < 1.29 is 0 Å². The fourth-order valence-corrected chi connectivity index (χ4v) is 5.81. The molecule has 0 fully saturated rings. The van der Waals surface area contributed by atoms with E-state index in [0.29, 0.717) is 0 Å². The number of fused-ring (bicyclic) bond motifs is 1. The molecule has 0 bridgehead atoms. The van der Waals surface area contributed by atoms with Crippen molar-refractivity contribution in [1.29, 1.82) is 0 Å². The predicted octanol–water partition coefficient (Wildman–Crippen LogP) is 10.1. The number of allylic oxidation sites excluding steroid dienone is 3. The van der Waals surface area contributed by atoms with Crippen LogP contribution in [0.4, 0.5) is 11.4 Å². The van der Waals surface area contributed by atoms with Gasteiger partial charge in [-0.25, -0.2) is 0 Å². The van der Waals surface area contributed by atoms with Crippen LogP contribution in [0.3, 0.4) is 0 Å². The number of aromatic nitrogens is 3. The molecule has 0 N–H and O–H groups in total. The van der Waals surface area contributed by atoms with Gasteiger partial charge in [0, 0.05) is 34.7 Å². The van der Waals surface area contributed by atoms with Gasteiger partial charge in [0.05, 0.1) is 0 Å². The minimum absolute atomic E-state index is 0.0838. The van der Waals surface area contributed by atoms with Gasteiger partial charge in [0.1, 0.15) is 0 Å². The molecule has 1 aromatic heterocycles. The molecule has 0 amide bonds. The van der Waals surface area contributed by atoms with Crippen LogP contribution in [-0.2, 0) is 11.8 Å². The molecule has 0 spiro atoms. The Morgan fingerprint density at radius 1 is 0.614 bits per heavy atom. The normalized spacial score (nSPS) is 15.9. The SMILES string of the molecule is CC(C)(C)C1=C/Cc2cc(C(C)(C)C)ccc2N(c2ccc(-n3c(-c4ccccc4)nnc3-c3ccccc3)cc2)C/C=C\1. The van der Waals surface area contributed by atoms with Crippen LogP contribution >= 0.6 is 0 Å². The molecule has 4 heteroatoms. The number of hydrogen-bond donors (Lipinski definition) is 0. The van der Waals surface area contributed by atoms with E-state index in [2.05, 4.69) is 146 Å². The monoisotopic (exact) mass is 578 g/mol. The molecule has 222 valence electrons. The Labute approximate surface area is 262 Å². The second-order valence-electron chi connectivity index (χ2n) is 13.7. The maximum absolute atomic E-state index is 4.66. The lowest BCUT2D eigenvalue weighted by atomic mass is 9.83. The van der Waals surface area contributed by atoms with Crippen LogP contribution in [0, 0.1) is 5.41 Å². The lowest BCUT2D eigenvalue weighted by Gasteiger charge is -2.28. The third-order valence-corrected chi connectivity index (χ3v) is 8.38. The number of benzene rings is 4. The zero-order chi connectivity index (χ0) is 30.9. The van der Waals surface area contributed by atoms with E-state index in [-0.39, 0.29) is 10.8 Å². The number of anilines is 2. The van der Waals surface area contributed by atoms with E-state index in [1.807, 2.05) is 36.4 Å². The summed E-state index contributed by atoms with van der Waals surface area (Å²) in [4.78, 5) is 2.43. The molecular weight excluding hydrogens is 536 g/mol. The van der Waals surface area contributed by atoms with Crippen molar-refractivity contribution >= 4 is 11.4 Å². The fourth-order valence-electron chi connectivity index (χ4n) is 5.81. The number of hydrogen-bond acceptors (Lipinski definition) is 3. The van der Waals surface area contributed by atoms with Crippen LogP contribution in [0.5, 0.6) is 0 Å². The summed E-state index contributed by atoms with van der Waals surface area (Å²) in [6, 6.07) is 36.4. The summed E-state index contributed by atoms with van der Waals surface area (Å²) in [6.45, 7) is 14.5. The number of rotatable bonds is 4. The van der Waals surface area contributed by atoms with Gasteiger partial charge in [0.15, 0.2) is 11.6 Å². The van der Waals surface area contributed by atoms with Crippen molar-refractivity contribution in [2.75, 3.05) is 11.4 Å². The van der Waals surface area contributed by atoms with E-state index >= 15 is 0 Å². The highest BCUT2D eigenvalue weighted by Crippen LogP contribution is 2.37. The van der Waals surface area contributed by atoms with Crippen LogP contribution in [-0.4, -0.2) is 21.3 Å². The summed E-state index contributed by atoms with van der Waals surface area (Å²) in [5.41, 5.74) is 9.74. The highest BCUT2D eigenvalue weighted by atomic mass is 15.3. The van der Waals surface area contributed by atoms with E-state index in [1.54, 1.807) is 0 Å². The molecule has 0 radical (unpaired) electrons. The Hall–Kier alpha value is -4.70. The lowest BCUT2D eigenvalue weighted by Crippen LogP contribution is -2.19. The van der Waals surface area contributed by atoms with Gasteiger partial charge in [0.2, 0.25) is 0 Å². The quantitative estimate of drug-likeness (QED) is 0.213. The first-order valence-electron chi connectivity index (χ1n) is 15.5. The fraction of sp³-hybridized carbons (Fsp3) is 0.250. The average Bonchev–Trinajstić information content (AvgIpc) is 3.49. The molecule has 0 aliphatic carbocycles. The molecule has 44 heavy (non-hydrogen) atoms. The lowest BCUT2D eigenvalue weighted by molar-refractivity contribution is 0.515. The molecular formula is C40H42N4. The van der Waals surface area contributed by atoms with Crippen LogP contribution in [0.2, 0.25) is 0 Å². The minimum atomic E-state index is 0.0838. The van der Waals surface area contributed by atoms with Crippen molar-refractivity contribution in [2.45, 2.75) is 53.4 Å². The minimum Gasteiger partial charge on any atom is -0.337 e. The Bertz CT molecular complexity index is 1740. The van der Waals surface area contributed by atoms with Crippen LogP contribution in [0.1, 0.15) is 52.7 Å². The second kappa shape index (κ2) is 11.8. The van der Waals surface area contributed by atoms with Gasteiger partial charge >= 0.3 is 0 Å². The third kappa shape index (κ3) is 6.03. The molecule has 6 rings (SSSR count). The molecule has 0 saturated heterocycles. The van der Waals surface area contributed by atoms with Crippen molar-refractivity contribution in [3.8, 4) is 28.5 Å². The largest absolute Gasteiger partial charge is 0.337 e. The van der Waals surface area contributed by atoms with Gasteiger partial charge in [-0.1, -0.05) is 133 Å². The first kappa shape index (κ1) is 29.4. The topological polar surface area (TPSA) is 34.0 Å². The molecule has 1 aliphatic rings. The van der Waals surface area contributed by atoms with Crippen molar-refractivity contribution in [2.24, 2.45) is 5.41 Å².